The molecule has 48 heavy (non-hydrogen) atoms. The van der Waals surface area contributed by atoms with E-state index in [9.17, 15) is 36.2 Å². The summed E-state index contributed by atoms with van der Waals surface area (Å²) in [5.41, 5.74) is -0.344. The molecule has 0 radical (unpaired) electrons. The number of rotatable bonds is 6. The van der Waals surface area contributed by atoms with Crippen molar-refractivity contribution < 1.29 is 65.0 Å². The van der Waals surface area contributed by atoms with Crippen LogP contribution in [0.1, 0.15) is 36.5 Å². The Morgan fingerprint density at radius 3 is 2.31 bits per heavy atom. The monoisotopic (exact) mass is 684 g/mol. The second kappa shape index (κ2) is 13.6. The van der Waals surface area contributed by atoms with Crippen LogP contribution in [0.2, 0.25) is 0 Å². The number of aliphatic hydroxyl groups is 1. The third-order valence-corrected chi connectivity index (χ3v) is 7.73. The second-order valence-corrected chi connectivity index (χ2v) is 11.0. The number of aromatic nitrogens is 3. The van der Waals surface area contributed by atoms with Crippen molar-refractivity contribution >= 4 is 11.9 Å². The maximum absolute atomic E-state index is 14.1. The Kier molecular flexibility index (Phi) is 9.76. The molecule has 0 spiro atoms. The van der Waals surface area contributed by atoms with Crippen LogP contribution >= 0.6 is 0 Å². The molecule has 3 unspecified atom stereocenters. The van der Waals surface area contributed by atoms with Crippen molar-refractivity contribution in [1.29, 1.82) is 0 Å². The van der Waals surface area contributed by atoms with Gasteiger partial charge in [-0.3, -0.25) is 9.69 Å². The Bertz CT molecular complexity index is 1760. The molecule has 0 saturated carbocycles. The first-order valence-electron chi connectivity index (χ1n) is 14.3. The lowest BCUT2D eigenvalue weighted by atomic mass is 9.90. The molecular formula is C30H26F6N4O8. The molecule has 2 aliphatic rings. The number of likely N-dealkylation sites (tertiary alicyclic amines) is 1. The van der Waals surface area contributed by atoms with Crippen LogP contribution in [-0.2, 0) is 15.8 Å². The van der Waals surface area contributed by atoms with Gasteiger partial charge in [-0.05, 0) is 31.4 Å². The molecule has 0 bridgehead atoms. The summed E-state index contributed by atoms with van der Waals surface area (Å²) in [7, 11) is 0. The van der Waals surface area contributed by atoms with Crippen LogP contribution in [0.3, 0.4) is 0 Å². The van der Waals surface area contributed by atoms with Crippen LogP contribution in [0.5, 0.6) is 5.75 Å². The highest BCUT2D eigenvalue weighted by Gasteiger charge is 2.43. The minimum Gasteiger partial charge on any atom is -0.491 e. The highest BCUT2D eigenvalue weighted by Crippen LogP contribution is 2.43. The summed E-state index contributed by atoms with van der Waals surface area (Å²) in [4.78, 5) is 26.3. The normalized spacial score (nSPS) is 19.9. The fourth-order valence-electron chi connectivity index (χ4n) is 5.56. The topological polar surface area (TPSA) is 172 Å². The van der Waals surface area contributed by atoms with E-state index in [2.05, 4.69) is 20.2 Å². The predicted molar refractivity (Wildman–Crippen MR) is 150 cm³/mol. The molecule has 0 amide bonds. The van der Waals surface area contributed by atoms with Crippen LogP contribution in [-0.4, -0.2) is 79.4 Å². The first kappa shape index (κ1) is 34.4. The van der Waals surface area contributed by atoms with E-state index in [-0.39, 0.29) is 42.1 Å². The number of hydrogen-bond acceptors (Lipinski definition) is 10. The van der Waals surface area contributed by atoms with Crippen LogP contribution in [0, 0.1) is 5.92 Å². The van der Waals surface area contributed by atoms with Gasteiger partial charge in [-0.2, -0.15) is 31.3 Å². The molecule has 18 heteroatoms. The van der Waals surface area contributed by atoms with Crippen LogP contribution in [0.15, 0.2) is 57.6 Å². The highest BCUT2D eigenvalue weighted by molar-refractivity contribution is 5.73. The number of ether oxygens (including phenoxy) is 1. The molecule has 1 saturated heterocycles. The van der Waals surface area contributed by atoms with Gasteiger partial charge in [-0.15, -0.1) is 0 Å². The number of alkyl halides is 6. The Hall–Kier alpha value is -4.97. The minimum atomic E-state index is -5.08. The average Bonchev–Trinajstić information content (AvgIpc) is 3.70. The quantitative estimate of drug-likeness (QED) is 0.212. The first-order valence-corrected chi connectivity index (χ1v) is 14.3. The van der Waals surface area contributed by atoms with Gasteiger partial charge in [0.15, 0.2) is 0 Å². The molecular weight excluding hydrogens is 658 g/mol. The number of aliphatic carboxylic acids is 2. The van der Waals surface area contributed by atoms with Crippen molar-refractivity contribution in [2.24, 2.45) is 5.92 Å². The van der Waals surface area contributed by atoms with E-state index in [1.807, 2.05) is 0 Å². The minimum absolute atomic E-state index is 0.00124. The fourth-order valence-corrected chi connectivity index (χ4v) is 5.56. The summed E-state index contributed by atoms with van der Waals surface area (Å²) in [6.07, 6.45) is -9.02. The standard InChI is InChI=1S/C28H25F3N4O6.C2HF3O2/c29-28(30,31)22-23(16-6-2-1-3-7-16)33-40-25(22)27-32-26(34-41-27)17-8-9-18-20(12-17)39-14-19(24(18)38)35-10-4-5-15(13-35)11-21(36)37;3-2(4,5)1(6)7/h1-3,6-9,12,15,19,24,38H,4-5,10-11,13-14H2,(H,36,37);(H,6,7). The van der Waals surface area contributed by atoms with Crippen molar-refractivity contribution in [2.45, 2.75) is 43.8 Å². The molecule has 3 N–H and O–H groups in total. The number of hydrogen-bond donors (Lipinski definition) is 3. The number of carboxylic acids is 2. The molecule has 0 aliphatic carbocycles. The number of fused-ring (bicyclic) bond motifs is 1. The molecule has 1 fully saturated rings. The summed E-state index contributed by atoms with van der Waals surface area (Å²) in [6.45, 7) is 1.47. The predicted octanol–water partition coefficient (Wildman–Crippen LogP) is 5.69. The zero-order valence-electron chi connectivity index (χ0n) is 24.5. The van der Waals surface area contributed by atoms with Gasteiger partial charge in [-0.1, -0.05) is 52.8 Å². The zero-order chi connectivity index (χ0) is 34.8. The third-order valence-electron chi connectivity index (χ3n) is 7.73. The molecule has 12 nitrogen and oxygen atoms in total. The number of nitrogens with zero attached hydrogens (tertiary/aromatic N) is 4. The maximum atomic E-state index is 14.1. The molecule has 2 aromatic heterocycles. The molecule has 4 aromatic rings. The van der Waals surface area contributed by atoms with Crippen molar-refractivity contribution in [2.75, 3.05) is 19.7 Å². The van der Waals surface area contributed by atoms with Crippen LogP contribution in [0.4, 0.5) is 26.3 Å². The van der Waals surface area contributed by atoms with Gasteiger partial charge in [-0.25, -0.2) is 4.79 Å². The Labute approximate surface area is 266 Å². The lowest BCUT2D eigenvalue weighted by Crippen LogP contribution is -2.50. The zero-order valence-corrected chi connectivity index (χ0v) is 24.5. The van der Waals surface area contributed by atoms with E-state index < -0.39 is 47.6 Å². The van der Waals surface area contributed by atoms with E-state index >= 15 is 0 Å². The average molecular weight is 685 g/mol. The van der Waals surface area contributed by atoms with E-state index in [4.69, 9.17) is 28.8 Å². The largest absolute Gasteiger partial charge is 0.491 e. The second-order valence-electron chi connectivity index (χ2n) is 11.0. The smallest absolute Gasteiger partial charge is 0.490 e. The number of aliphatic hydroxyl groups excluding tert-OH is 1. The molecule has 2 aromatic carbocycles. The van der Waals surface area contributed by atoms with Gasteiger partial charge in [0, 0.05) is 29.7 Å². The van der Waals surface area contributed by atoms with E-state index in [0.717, 1.165) is 19.4 Å². The van der Waals surface area contributed by atoms with Gasteiger partial charge in [0.25, 0.3) is 5.89 Å². The lowest BCUT2D eigenvalue weighted by Gasteiger charge is -2.42. The van der Waals surface area contributed by atoms with Gasteiger partial charge >= 0.3 is 24.3 Å². The fraction of sp³-hybridized carbons (Fsp3) is 0.367. The molecule has 4 heterocycles. The van der Waals surface area contributed by atoms with Gasteiger partial charge in [0.1, 0.15) is 29.7 Å². The Balaban J connectivity index is 0.000000582. The van der Waals surface area contributed by atoms with E-state index in [0.29, 0.717) is 23.4 Å². The Morgan fingerprint density at radius 1 is 0.958 bits per heavy atom. The Morgan fingerprint density at radius 2 is 1.67 bits per heavy atom. The number of halogens is 6. The summed E-state index contributed by atoms with van der Waals surface area (Å²) < 4.78 is 90.1. The molecule has 6 rings (SSSR count). The summed E-state index contributed by atoms with van der Waals surface area (Å²) in [6, 6.07) is 12.4. The van der Waals surface area contributed by atoms with E-state index in [1.165, 1.54) is 12.1 Å². The van der Waals surface area contributed by atoms with Crippen molar-refractivity contribution in [3.05, 3.63) is 59.7 Å². The molecule has 3 atom stereocenters. The third kappa shape index (κ3) is 7.60. The van der Waals surface area contributed by atoms with Gasteiger partial charge < -0.3 is 29.1 Å². The number of benzene rings is 2. The number of piperidine rings is 1. The van der Waals surface area contributed by atoms with Crippen LogP contribution in [0.25, 0.3) is 34.3 Å². The first-order chi connectivity index (χ1) is 22.6. The van der Waals surface area contributed by atoms with Crippen molar-refractivity contribution in [3.63, 3.8) is 0 Å². The summed E-state index contributed by atoms with van der Waals surface area (Å²) in [5.74, 6) is -4.37. The molecule has 2 aliphatic heterocycles. The lowest BCUT2D eigenvalue weighted by molar-refractivity contribution is -0.192. The maximum Gasteiger partial charge on any atom is 0.490 e. The van der Waals surface area contributed by atoms with Gasteiger partial charge in [0.05, 0.1) is 6.04 Å². The number of carboxylic acid groups (broad SMARTS) is 2. The summed E-state index contributed by atoms with van der Waals surface area (Å²) in [5, 5.41) is 34.9. The van der Waals surface area contributed by atoms with Crippen LogP contribution < -0.4 is 4.74 Å². The number of carbonyl (C=O) groups is 2. The van der Waals surface area contributed by atoms with E-state index in [1.54, 1.807) is 36.4 Å². The SMILES string of the molecule is O=C(O)C(F)(F)F.O=C(O)CC1CCCN(C2COc3cc(-c4noc(-c5onc(-c6ccccc6)c5C(F)(F)F)n4)ccc3C2O)C1. The van der Waals surface area contributed by atoms with Crippen molar-refractivity contribution in [1.82, 2.24) is 20.2 Å². The molecule has 256 valence electrons. The van der Waals surface area contributed by atoms with Gasteiger partial charge in [0.2, 0.25) is 11.6 Å². The highest BCUT2D eigenvalue weighted by atomic mass is 19.4. The summed E-state index contributed by atoms with van der Waals surface area (Å²) >= 11 is 0. The van der Waals surface area contributed by atoms with Crippen molar-refractivity contribution in [3.8, 4) is 40.0 Å².